The van der Waals surface area contributed by atoms with Crippen LogP contribution in [0.3, 0.4) is 0 Å². The number of anilines is 1. The Labute approximate surface area is 237 Å². The van der Waals surface area contributed by atoms with E-state index in [0.717, 1.165) is 21.9 Å². The second-order valence-electron chi connectivity index (χ2n) is 8.63. The number of nitriles is 1. The molecule has 0 bridgehead atoms. The van der Waals surface area contributed by atoms with Gasteiger partial charge in [0.15, 0.2) is 11.5 Å². The minimum Gasteiger partial charge on any atom is -0.490 e. The highest BCUT2D eigenvalue weighted by molar-refractivity contribution is 6.44. The molecule has 0 heterocycles. The minimum atomic E-state index is -0.610. The van der Waals surface area contributed by atoms with E-state index in [1.54, 1.807) is 30.3 Å². The molecule has 0 aliphatic rings. The van der Waals surface area contributed by atoms with E-state index in [1.807, 2.05) is 37.3 Å². The van der Waals surface area contributed by atoms with Crippen LogP contribution in [0.15, 0.2) is 91.0 Å². The van der Waals surface area contributed by atoms with Crippen molar-refractivity contribution in [2.45, 2.75) is 20.0 Å². The zero-order valence-corrected chi connectivity index (χ0v) is 22.9. The molecule has 7 heteroatoms. The molecular weight excluding hydrogens is 531 g/mol. The van der Waals surface area contributed by atoms with Crippen molar-refractivity contribution < 1.29 is 14.3 Å². The highest BCUT2D eigenvalue weighted by Crippen LogP contribution is 2.36. The molecule has 1 N–H and O–H groups in total. The second-order valence-corrected chi connectivity index (χ2v) is 9.41. The van der Waals surface area contributed by atoms with E-state index < -0.39 is 5.91 Å². The van der Waals surface area contributed by atoms with E-state index in [9.17, 15) is 10.1 Å². The van der Waals surface area contributed by atoms with Gasteiger partial charge in [-0.25, -0.2) is 0 Å². The van der Waals surface area contributed by atoms with Gasteiger partial charge in [-0.05, 0) is 71.7 Å². The van der Waals surface area contributed by atoms with Crippen LogP contribution in [0, 0.1) is 11.3 Å². The summed E-state index contributed by atoms with van der Waals surface area (Å²) in [6, 6.07) is 24.8. The number of nitrogens with zero attached hydrogens (tertiary/aromatic N) is 1. The molecule has 0 unspecified atom stereocenters. The van der Waals surface area contributed by atoms with Crippen LogP contribution < -0.4 is 14.8 Å². The van der Waals surface area contributed by atoms with Crippen molar-refractivity contribution in [3.05, 3.63) is 118 Å². The lowest BCUT2D eigenvalue weighted by atomic mass is 10.0. The second kappa shape index (κ2) is 13.0. The number of halogens is 2. The molecule has 4 aromatic rings. The number of amides is 1. The number of allylic oxidation sites excluding steroid dienone is 1. The quantitative estimate of drug-likeness (QED) is 0.121. The van der Waals surface area contributed by atoms with Gasteiger partial charge in [-0.1, -0.05) is 71.7 Å². The summed E-state index contributed by atoms with van der Waals surface area (Å²) >= 11 is 12.2. The fraction of sp³-hybridized carbons (Fsp3) is 0.125. The van der Waals surface area contributed by atoms with Crippen LogP contribution in [0.2, 0.25) is 10.0 Å². The van der Waals surface area contributed by atoms with Crippen LogP contribution in [0.4, 0.5) is 5.69 Å². The Morgan fingerprint density at radius 1 is 1.03 bits per heavy atom. The Hall–Kier alpha value is -4.24. The normalized spacial score (nSPS) is 11.1. The van der Waals surface area contributed by atoms with Gasteiger partial charge in [-0.15, -0.1) is 6.58 Å². The Morgan fingerprint density at radius 3 is 2.56 bits per heavy atom. The number of fused-ring (bicyclic) bond motifs is 1. The molecule has 0 aliphatic heterocycles. The van der Waals surface area contributed by atoms with Crippen LogP contribution in [-0.2, 0) is 17.8 Å². The van der Waals surface area contributed by atoms with Crippen LogP contribution in [0.5, 0.6) is 11.5 Å². The molecule has 1 amide bonds. The summed E-state index contributed by atoms with van der Waals surface area (Å²) in [6.45, 7) is 6.50. The van der Waals surface area contributed by atoms with E-state index >= 15 is 0 Å². The molecule has 0 aromatic heterocycles. The Morgan fingerprint density at radius 2 is 1.82 bits per heavy atom. The summed E-state index contributed by atoms with van der Waals surface area (Å²) in [4.78, 5) is 12.9. The number of carbonyl (C=O) groups excluding carboxylic acids is 1. The number of carbonyl (C=O) groups is 1. The van der Waals surface area contributed by atoms with Gasteiger partial charge in [0, 0.05) is 5.56 Å². The summed E-state index contributed by atoms with van der Waals surface area (Å²) in [5.74, 6) is 0.497. The Balaban J connectivity index is 1.64. The number of hydrogen-bond acceptors (Lipinski definition) is 4. The monoisotopic (exact) mass is 556 g/mol. The van der Waals surface area contributed by atoms with Gasteiger partial charge >= 0.3 is 0 Å². The SMILES string of the molecule is C=CCc1cc(/C=C(/C#N)C(=O)Nc2cccc(Cl)c2Cl)cc(OCC)c1OCc1ccc2ccccc2c1. The first kappa shape index (κ1) is 27.8. The third-order valence-corrected chi connectivity index (χ3v) is 6.71. The van der Waals surface area contributed by atoms with Crippen molar-refractivity contribution in [2.75, 3.05) is 11.9 Å². The average Bonchev–Trinajstić information content (AvgIpc) is 2.94. The van der Waals surface area contributed by atoms with Gasteiger partial charge in [-0.3, -0.25) is 4.79 Å². The molecule has 0 radical (unpaired) electrons. The van der Waals surface area contributed by atoms with E-state index in [1.165, 1.54) is 6.08 Å². The van der Waals surface area contributed by atoms with Crippen molar-refractivity contribution in [1.82, 2.24) is 0 Å². The first-order valence-corrected chi connectivity index (χ1v) is 13.1. The summed E-state index contributed by atoms with van der Waals surface area (Å²) in [7, 11) is 0. The van der Waals surface area contributed by atoms with Crippen LogP contribution in [-0.4, -0.2) is 12.5 Å². The van der Waals surface area contributed by atoms with E-state index in [-0.39, 0.29) is 10.6 Å². The third kappa shape index (κ3) is 6.80. The zero-order valence-electron chi connectivity index (χ0n) is 21.3. The molecule has 0 atom stereocenters. The standard InChI is InChI=1S/C32H26Cl2N2O3/c1-3-8-25-16-22(17-26(19-35)32(37)36-28-12-7-11-27(33)30(28)34)18-29(38-4-2)31(25)39-20-21-13-14-23-9-5-6-10-24(23)15-21/h3,5-7,9-18H,1,4,8,20H2,2H3,(H,36,37)/b26-17-. The largest absolute Gasteiger partial charge is 0.490 e. The lowest BCUT2D eigenvalue weighted by Gasteiger charge is -2.17. The van der Waals surface area contributed by atoms with Crippen molar-refractivity contribution in [1.29, 1.82) is 5.26 Å². The van der Waals surface area contributed by atoms with Gasteiger partial charge < -0.3 is 14.8 Å². The topological polar surface area (TPSA) is 71.4 Å². The van der Waals surface area contributed by atoms with Gasteiger partial charge in [0.25, 0.3) is 5.91 Å². The lowest BCUT2D eigenvalue weighted by Crippen LogP contribution is -2.13. The first-order chi connectivity index (χ1) is 18.9. The van der Waals surface area contributed by atoms with Crippen molar-refractivity contribution >= 4 is 51.6 Å². The highest BCUT2D eigenvalue weighted by Gasteiger charge is 2.16. The van der Waals surface area contributed by atoms with Crippen LogP contribution in [0.1, 0.15) is 23.6 Å². The maximum atomic E-state index is 12.9. The fourth-order valence-electron chi connectivity index (χ4n) is 4.09. The Kier molecular flexibility index (Phi) is 9.27. The number of rotatable bonds is 10. The number of benzene rings is 4. The molecule has 4 aromatic carbocycles. The molecule has 39 heavy (non-hydrogen) atoms. The predicted molar refractivity (Wildman–Crippen MR) is 158 cm³/mol. The summed E-state index contributed by atoms with van der Waals surface area (Å²) in [6.07, 6.45) is 3.76. The average molecular weight is 557 g/mol. The maximum Gasteiger partial charge on any atom is 0.266 e. The van der Waals surface area contributed by atoms with Crippen molar-refractivity contribution in [3.63, 3.8) is 0 Å². The van der Waals surface area contributed by atoms with Gasteiger partial charge in [0.1, 0.15) is 18.2 Å². The predicted octanol–water partition coefficient (Wildman–Crippen LogP) is 8.40. The van der Waals surface area contributed by atoms with E-state index in [2.05, 4.69) is 36.2 Å². The maximum absolute atomic E-state index is 12.9. The highest BCUT2D eigenvalue weighted by atomic mass is 35.5. The van der Waals surface area contributed by atoms with E-state index in [4.69, 9.17) is 32.7 Å². The van der Waals surface area contributed by atoms with Crippen molar-refractivity contribution in [3.8, 4) is 17.6 Å². The van der Waals surface area contributed by atoms with Gasteiger partial charge in [-0.2, -0.15) is 5.26 Å². The zero-order chi connectivity index (χ0) is 27.8. The number of nitrogens with one attached hydrogen (secondary N) is 1. The smallest absolute Gasteiger partial charge is 0.266 e. The molecule has 0 saturated carbocycles. The molecule has 5 nitrogen and oxygen atoms in total. The molecule has 0 aliphatic carbocycles. The fourth-order valence-corrected chi connectivity index (χ4v) is 4.44. The molecule has 4 rings (SSSR count). The molecule has 0 saturated heterocycles. The first-order valence-electron chi connectivity index (χ1n) is 12.3. The number of hydrogen-bond donors (Lipinski definition) is 1. The molecule has 196 valence electrons. The third-order valence-electron chi connectivity index (χ3n) is 5.89. The van der Waals surface area contributed by atoms with Crippen LogP contribution in [0.25, 0.3) is 16.8 Å². The summed E-state index contributed by atoms with van der Waals surface area (Å²) in [5, 5.41) is 15.2. The lowest BCUT2D eigenvalue weighted by molar-refractivity contribution is -0.112. The number of ether oxygens (including phenoxy) is 2. The minimum absolute atomic E-state index is 0.108. The van der Waals surface area contributed by atoms with Gasteiger partial charge in [0.05, 0.1) is 22.3 Å². The molecule has 0 fully saturated rings. The van der Waals surface area contributed by atoms with Crippen molar-refractivity contribution in [2.24, 2.45) is 0 Å². The summed E-state index contributed by atoms with van der Waals surface area (Å²) < 4.78 is 12.2. The Bertz CT molecular complexity index is 1610. The van der Waals surface area contributed by atoms with Crippen LogP contribution >= 0.6 is 23.2 Å². The molecule has 0 spiro atoms. The van der Waals surface area contributed by atoms with E-state index in [0.29, 0.717) is 47.4 Å². The summed E-state index contributed by atoms with van der Waals surface area (Å²) in [5.41, 5.74) is 2.65. The molecular formula is C32H26Cl2N2O3. The van der Waals surface area contributed by atoms with Gasteiger partial charge in [0.2, 0.25) is 0 Å².